The SMILES string of the molecule is C[C@H]1CCO[P@@](=O)([C@@H](Nc2cc(Cl)cc(Cl)c2)c2ccc([N+](=O)[O-])cc2)O1. The summed E-state index contributed by atoms with van der Waals surface area (Å²) in [5.74, 6) is -0.879. The van der Waals surface area contributed by atoms with Crippen molar-refractivity contribution in [3.8, 4) is 0 Å². The lowest BCUT2D eigenvalue weighted by Gasteiger charge is -2.34. The van der Waals surface area contributed by atoms with Gasteiger partial charge in [0, 0.05) is 27.9 Å². The molecule has 27 heavy (non-hydrogen) atoms. The molecule has 0 aliphatic carbocycles. The van der Waals surface area contributed by atoms with E-state index < -0.39 is 18.3 Å². The Labute approximate surface area is 166 Å². The molecular weight excluding hydrogens is 414 g/mol. The van der Waals surface area contributed by atoms with Crippen molar-refractivity contribution in [2.75, 3.05) is 11.9 Å². The number of anilines is 1. The van der Waals surface area contributed by atoms with Gasteiger partial charge >= 0.3 is 7.60 Å². The largest absolute Gasteiger partial charge is 0.368 e. The second-order valence-electron chi connectivity index (χ2n) is 6.13. The van der Waals surface area contributed by atoms with Crippen LogP contribution in [0.2, 0.25) is 10.0 Å². The Morgan fingerprint density at radius 1 is 1.22 bits per heavy atom. The number of nitro benzene ring substituents is 1. The van der Waals surface area contributed by atoms with Crippen molar-refractivity contribution < 1.29 is 18.5 Å². The topological polar surface area (TPSA) is 90.7 Å². The standard InChI is InChI=1S/C17H17Cl2N2O5P/c1-11-6-7-25-27(24,26-11)17(12-2-4-16(5-3-12)21(22)23)20-15-9-13(18)8-14(19)10-15/h2-5,8-11,17,20H,6-7H2,1H3/t11-,17+,27-/m0/s1. The van der Waals surface area contributed by atoms with Crippen molar-refractivity contribution in [1.82, 2.24) is 0 Å². The van der Waals surface area contributed by atoms with Crippen LogP contribution in [0.5, 0.6) is 0 Å². The van der Waals surface area contributed by atoms with Gasteiger partial charge < -0.3 is 14.4 Å². The highest BCUT2D eigenvalue weighted by Crippen LogP contribution is 2.63. The van der Waals surface area contributed by atoms with E-state index in [9.17, 15) is 14.7 Å². The van der Waals surface area contributed by atoms with Crippen LogP contribution < -0.4 is 5.32 Å². The number of nitrogens with one attached hydrogen (secondary N) is 1. The van der Waals surface area contributed by atoms with Crippen molar-refractivity contribution in [2.45, 2.75) is 25.2 Å². The summed E-state index contributed by atoms with van der Waals surface area (Å²) in [5, 5.41) is 14.8. The molecule has 1 aliphatic heterocycles. The third kappa shape index (κ3) is 4.81. The summed E-state index contributed by atoms with van der Waals surface area (Å²) in [6, 6.07) is 10.6. The molecule has 1 saturated heterocycles. The normalized spacial score (nSPS) is 23.6. The highest BCUT2D eigenvalue weighted by molar-refractivity contribution is 7.54. The summed E-state index contributed by atoms with van der Waals surface area (Å²) in [6.45, 7) is 2.11. The minimum atomic E-state index is -3.60. The third-order valence-corrected chi connectivity index (χ3v) is 6.72. The van der Waals surface area contributed by atoms with Crippen LogP contribution in [-0.4, -0.2) is 17.6 Å². The van der Waals surface area contributed by atoms with Crippen molar-refractivity contribution in [3.05, 3.63) is 68.2 Å². The Morgan fingerprint density at radius 3 is 2.41 bits per heavy atom. The minimum absolute atomic E-state index is 0.0690. The first-order valence-electron chi connectivity index (χ1n) is 8.16. The van der Waals surface area contributed by atoms with Crippen LogP contribution in [0.1, 0.15) is 24.7 Å². The van der Waals surface area contributed by atoms with Gasteiger partial charge in [-0.25, -0.2) is 0 Å². The zero-order chi connectivity index (χ0) is 19.6. The van der Waals surface area contributed by atoms with Gasteiger partial charge in [-0.15, -0.1) is 0 Å². The molecule has 0 unspecified atom stereocenters. The molecule has 3 atom stereocenters. The molecule has 2 aromatic rings. The Bertz CT molecular complexity index is 873. The molecule has 1 aliphatic rings. The van der Waals surface area contributed by atoms with Crippen LogP contribution in [0.4, 0.5) is 11.4 Å². The molecule has 0 saturated carbocycles. The van der Waals surface area contributed by atoms with E-state index in [1.54, 1.807) is 18.2 Å². The Morgan fingerprint density at radius 2 is 1.85 bits per heavy atom. The molecule has 0 radical (unpaired) electrons. The van der Waals surface area contributed by atoms with Crippen molar-refractivity contribution in [2.24, 2.45) is 0 Å². The number of nitrogens with zero attached hydrogens (tertiary/aromatic N) is 1. The lowest BCUT2D eigenvalue weighted by Crippen LogP contribution is -2.23. The van der Waals surface area contributed by atoms with Crippen molar-refractivity contribution in [1.29, 1.82) is 0 Å². The van der Waals surface area contributed by atoms with Gasteiger partial charge in [0.05, 0.1) is 17.6 Å². The molecular formula is C17H17Cl2N2O5P. The predicted molar refractivity (Wildman–Crippen MR) is 105 cm³/mol. The van der Waals surface area contributed by atoms with Gasteiger partial charge in [-0.1, -0.05) is 23.2 Å². The molecule has 10 heteroatoms. The number of nitro groups is 1. The fourth-order valence-corrected chi connectivity index (χ4v) is 5.40. The van der Waals surface area contributed by atoms with E-state index in [-0.39, 0.29) is 11.8 Å². The van der Waals surface area contributed by atoms with Crippen LogP contribution in [0, 0.1) is 10.1 Å². The molecule has 7 nitrogen and oxygen atoms in total. The molecule has 3 rings (SSSR count). The molecule has 0 bridgehead atoms. The molecule has 0 aromatic heterocycles. The van der Waals surface area contributed by atoms with Gasteiger partial charge in [0.25, 0.3) is 5.69 Å². The Hall–Kier alpha value is -1.63. The van der Waals surface area contributed by atoms with Crippen LogP contribution in [0.15, 0.2) is 42.5 Å². The smallest absolute Gasteiger partial charge is 0.357 e. The number of hydrogen-bond donors (Lipinski definition) is 1. The van der Waals surface area contributed by atoms with E-state index in [0.717, 1.165) is 0 Å². The fraction of sp³-hybridized carbons (Fsp3) is 0.294. The summed E-state index contributed by atoms with van der Waals surface area (Å²) in [4.78, 5) is 10.4. The highest BCUT2D eigenvalue weighted by Gasteiger charge is 2.41. The summed E-state index contributed by atoms with van der Waals surface area (Å²) < 4.78 is 24.6. The maximum atomic E-state index is 13.4. The number of non-ortho nitro benzene ring substituents is 1. The third-order valence-electron chi connectivity index (χ3n) is 4.02. The average molecular weight is 431 g/mol. The van der Waals surface area contributed by atoms with Crippen molar-refractivity contribution in [3.63, 3.8) is 0 Å². The Kier molecular flexibility index (Phi) is 6.08. The lowest BCUT2D eigenvalue weighted by molar-refractivity contribution is -0.384. The first-order chi connectivity index (χ1) is 12.8. The molecule has 2 aromatic carbocycles. The maximum Gasteiger partial charge on any atom is 0.357 e. The first-order valence-corrected chi connectivity index (χ1v) is 10.5. The van der Waals surface area contributed by atoms with Crippen LogP contribution in [-0.2, 0) is 13.6 Å². The number of rotatable bonds is 5. The van der Waals surface area contributed by atoms with Gasteiger partial charge in [0.1, 0.15) is 0 Å². The fourth-order valence-electron chi connectivity index (χ4n) is 2.73. The minimum Gasteiger partial charge on any atom is -0.368 e. The van der Waals surface area contributed by atoms with E-state index in [2.05, 4.69) is 5.32 Å². The van der Waals surface area contributed by atoms with Gasteiger partial charge in [-0.3, -0.25) is 14.7 Å². The number of halogens is 2. The monoisotopic (exact) mass is 430 g/mol. The first kappa shape index (κ1) is 20.1. The van der Waals surface area contributed by atoms with Gasteiger partial charge in [0.15, 0.2) is 5.78 Å². The summed E-state index contributed by atoms with van der Waals surface area (Å²) >= 11 is 12.1. The zero-order valence-corrected chi connectivity index (χ0v) is 16.7. The van der Waals surface area contributed by atoms with E-state index in [1.807, 2.05) is 6.92 Å². The number of hydrogen-bond acceptors (Lipinski definition) is 6. The van der Waals surface area contributed by atoms with Crippen LogP contribution >= 0.6 is 30.8 Å². The van der Waals surface area contributed by atoms with E-state index in [1.165, 1.54) is 24.3 Å². The summed E-state index contributed by atoms with van der Waals surface area (Å²) in [5.41, 5.74) is 0.978. The quantitative estimate of drug-likeness (QED) is 0.353. The van der Waals surface area contributed by atoms with Gasteiger partial charge in [-0.2, -0.15) is 0 Å². The zero-order valence-electron chi connectivity index (χ0n) is 14.3. The maximum absolute atomic E-state index is 13.4. The van der Waals surface area contributed by atoms with Gasteiger partial charge in [-0.05, 0) is 49.2 Å². The van der Waals surface area contributed by atoms with Crippen LogP contribution in [0.25, 0.3) is 0 Å². The molecule has 1 heterocycles. The summed E-state index contributed by atoms with van der Waals surface area (Å²) in [6.07, 6.45) is 0.384. The van der Waals surface area contributed by atoms with Crippen LogP contribution in [0.3, 0.4) is 0 Å². The molecule has 1 fully saturated rings. The molecule has 144 valence electrons. The van der Waals surface area contributed by atoms with Crippen molar-refractivity contribution >= 4 is 42.2 Å². The van der Waals surface area contributed by atoms with E-state index >= 15 is 0 Å². The molecule has 0 spiro atoms. The lowest BCUT2D eigenvalue weighted by atomic mass is 10.2. The second kappa shape index (κ2) is 8.17. The summed E-state index contributed by atoms with van der Waals surface area (Å²) in [7, 11) is -3.60. The average Bonchev–Trinajstić information content (AvgIpc) is 2.58. The molecule has 1 N–H and O–H groups in total. The highest BCUT2D eigenvalue weighted by atomic mass is 35.5. The second-order valence-corrected chi connectivity index (χ2v) is 9.07. The van der Waals surface area contributed by atoms with Gasteiger partial charge in [0.2, 0.25) is 0 Å². The van der Waals surface area contributed by atoms with E-state index in [0.29, 0.717) is 34.3 Å². The predicted octanol–water partition coefficient (Wildman–Crippen LogP) is 6.03. The Balaban J connectivity index is 2.00. The number of benzene rings is 2. The molecule has 0 amide bonds. The van der Waals surface area contributed by atoms with E-state index in [4.69, 9.17) is 32.2 Å².